The smallest absolute Gasteiger partial charge is 0.430 e. The number of hydrogen-bond donors (Lipinski definition) is 1. The monoisotopic (exact) mass is 328 g/mol. The molecule has 0 bridgehead atoms. The number of carbonyl (C=O) groups is 4. The van der Waals surface area contributed by atoms with E-state index in [0.717, 1.165) is 0 Å². The number of amides is 2. The van der Waals surface area contributed by atoms with E-state index < -0.39 is 41.5 Å². The molecule has 1 rings (SSSR count). The number of ketones is 2. The van der Waals surface area contributed by atoms with Crippen LogP contribution in [0.5, 0.6) is 0 Å². The summed E-state index contributed by atoms with van der Waals surface area (Å²) in [6.07, 6.45) is -2.06. The maximum absolute atomic E-state index is 12.3. The van der Waals surface area contributed by atoms with Crippen LogP contribution in [-0.2, 0) is 19.1 Å². The third kappa shape index (κ3) is 4.20. The van der Waals surface area contributed by atoms with Crippen molar-refractivity contribution in [3.05, 3.63) is 0 Å². The Morgan fingerprint density at radius 2 is 1.70 bits per heavy atom. The molecule has 0 spiro atoms. The first kappa shape index (κ1) is 18.9. The third-order valence-corrected chi connectivity index (χ3v) is 3.43. The van der Waals surface area contributed by atoms with Crippen LogP contribution in [0.25, 0.3) is 0 Å². The lowest BCUT2D eigenvalue weighted by Crippen LogP contribution is -2.65. The molecule has 1 N–H and O–H groups in total. The Bertz CT molecular complexity index is 502. The van der Waals surface area contributed by atoms with Crippen LogP contribution in [0.2, 0.25) is 0 Å². The van der Waals surface area contributed by atoms with E-state index in [0.29, 0.717) is 11.4 Å². The molecule has 0 radical (unpaired) electrons. The normalized spacial score (nSPS) is 20.6. The van der Waals surface area contributed by atoms with Crippen molar-refractivity contribution >= 4 is 23.8 Å². The van der Waals surface area contributed by atoms with Crippen LogP contribution >= 0.6 is 0 Å². The van der Waals surface area contributed by atoms with Gasteiger partial charge in [-0.15, -0.1) is 0 Å². The molecule has 23 heavy (non-hydrogen) atoms. The van der Waals surface area contributed by atoms with E-state index in [2.05, 4.69) is 5.43 Å². The zero-order valence-corrected chi connectivity index (χ0v) is 14.2. The highest BCUT2D eigenvalue weighted by molar-refractivity contribution is 6.13. The van der Waals surface area contributed by atoms with Crippen molar-refractivity contribution < 1.29 is 28.7 Å². The number of hydrazine groups is 1. The van der Waals surface area contributed by atoms with E-state index in [-0.39, 0.29) is 12.8 Å². The largest absolute Gasteiger partial charge is 0.446 e. The van der Waals surface area contributed by atoms with Crippen LogP contribution in [0.15, 0.2) is 0 Å². The number of hydrogen-bond acceptors (Lipinski definition) is 6. The predicted octanol–water partition coefficient (Wildman–Crippen LogP) is 1.96. The number of carbonyl (C=O) groups excluding carboxylic acids is 4. The molecule has 0 aromatic carbocycles. The summed E-state index contributed by atoms with van der Waals surface area (Å²) < 4.78 is 10.00. The Morgan fingerprint density at radius 3 is 2.09 bits per heavy atom. The second-order valence-corrected chi connectivity index (χ2v) is 6.03. The van der Waals surface area contributed by atoms with Gasteiger partial charge >= 0.3 is 12.2 Å². The highest BCUT2D eigenvalue weighted by Crippen LogP contribution is 2.33. The molecule has 1 atom stereocenters. The van der Waals surface area contributed by atoms with E-state index in [1.54, 1.807) is 27.7 Å². The second-order valence-electron chi connectivity index (χ2n) is 6.03. The Morgan fingerprint density at radius 1 is 1.13 bits per heavy atom. The highest BCUT2D eigenvalue weighted by Gasteiger charge is 2.55. The van der Waals surface area contributed by atoms with Gasteiger partial charge in [-0.05, 0) is 47.5 Å². The van der Waals surface area contributed by atoms with Gasteiger partial charge in [0.25, 0.3) is 0 Å². The highest BCUT2D eigenvalue weighted by atomic mass is 16.6. The molecular formula is C15H24N2O6. The van der Waals surface area contributed by atoms with Gasteiger partial charge in [0.15, 0.2) is 17.1 Å². The van der Waals surface area contributed by atoms with E-state index >= 15 is 0 Å². The van der Waals surface area contributed by atoms with Gasteiger partial charge in [0.05, 0.1) is 12.2 Å². The van der Waals surface area contributed by atoms with E-state index in [1.165, 1.54) is 6.92 Å². The topological polar surface area (TPSA) is 102 Å². The summed E-state index contributed by atoms with van der Waals surface area (Å²) in [5.41, 5.74) is 0.470. The standard InChI is InChI=1S/C15H24N2O6/c1-9(2)22-13(20)16-17(14(21)23-10(3)4)15(11(5)18)8-6-7-12(15)19/h9-10H,6-8H2,1-5H3,(H,16,20). The van der Waals surface area contributed by atoms with Crippen molar-refractivity contribution in [2.24, 2.45) is 0 Å². The molecule has 1 fully saturated rings. The third-order valence-electron chi connectivity index (χ3n) is 3.43. The van der Waals surface area contributed by atoms with Gasteiger partial charge in [0, 0.05) is 6.42 Å². The van der Waals surface area contributed by atoms with Gasteiger partial charge in [-0.25, -0.2) is 15.0 Å². The molecule has 1 aliphatic rings. The summed E-state index contributed by atoms with van der Waals surface area (Å²) in [6, 6.07) is 0. The number of Topliss-reactive ketones (excluding diaryl/α,β-unsaturated/α-hetero) is 2. The van der Waals surface area contributed by atoms with Gasteiger partial charge in [-0.3, -0.25) is 9.59 Å². The first-order chi connectivity index (χ1) is 10.6. The molecule has 130 valence electrons. The summed E-state index contributed by atoms with van der Waals surface area (Å²) in [5.74, 6) is -0.943. The predicted molar refractivity (Wildman–Crippen MR) is 80.5 cm³/mol. The second kappa shape index (κ2) is 7.43. The Labute approximate surface area is 135 Å². The molecule has 0 saturated heterocycles. The molecule has 1 saturated carbocycles. The zero-order valence-electron chi connectivity index (χ0n) is 14.2. The van der Waals surface area contributed by atoms with Crippen molar-refractivity contribution in [3.63, 3.8) is 0 Å². The van der Waals surface area contributed by atoms with Crippen LogP contribution in [0.3, 0.4) is 0 Å². The lowest BCUT2D eigenvalue weighted by Gasteiger charge is -2.36. The SMILES string of the molecule is CC(=O)C1(N(NC(=O)OC(C)C)C(=O)OC(C)C)CCCC1=O. The first-order valence-electron chi connectivity index (χ1n) is 7.63. The van der Waals surface area contributed by atoms with Gasteiger partial charge < -0.3 is 9.47 Å². The number of ether oxygens (including phenoxy) is 2. The minimum atomic E-state index is -1.73. The fourth-order valence-electron chi connectivity index (χ4n) is 2.50. The van der Waals surface area contributed by atoms with Crippen molar-refractivity contribution in [1.29, 1.82) is 0 Å². The fraction of sp³-hybridized carbons (Fsp3) is 0.733. The van der Waals surface area contributed by atoms with Crippen LogP contribution < -0.4 is 5.43 Å². The molecule has 1 aliphatic carbocycles. The van der Waals surface area contributed by atoms with E-state index in [1.807, 2.05) is 0 Å². The first-order valence-corrected chi connectivity index (χ1v) is 7.63. The van der Waals surface area contributed by atoms with Gasteiger partial charge in [0.1, 0.15) is 0 Å². The molecule has 0 aromatic heterocycles. The van der Waals surface area contributed by atoms with Gasteiger partial charge in [-0.1, -0.05) is 0 Å². The van der Waals surface area contributed by atoms with Gasteiger partial charge in [0.2, 0.25) is 0 Å². The molecule has 0 aliphatic heterocycles. The Kier molecular flexibility index (Phi) is 6.12. The van der Waals surface area contributed by atoms with Crippen molar-refractivity contribution in [3.8, 4) is 0 Å². The quantitative estimate of drug-likeness (QED) is 0.625. The van der Waals surface area contributed by atoms with Crippen LogP contribution in [0.1, 0.15) is 53.9 Å². The van der Waals surface area contributed by atoms with Crippen LogP contribution in [0.4, 0.5) is 9.59 Å². The molecule has 2 amide bonds. The van der Waals surface area contributed by atoms with E-state index in [9.17, 15) is 19.2 Å². The molecule has 8 nitrogen and oxygen atoms in total. The van der Waals surface area contributed by atoms with Crippen LogP contribution in [-0.4, -0.2) is 46.5 Å². The van der Waals surface area contributed by atoms with Gasteiger partial charge in [-0.2, -0.15) is 5.01 Å². The number of rotatable bonds is 4. The molecule has 0 heterocycles. The number of nitrogens with zero attached hydrogens (tertiary/aromatic N) is 1. The molecule has 8 heteroatoms. The molecule has 1 unspecified atom stereocenters. The molecule has 0 aromatic rings. The van der Waals surface area contributed by atoms with Crippen molar-refractivity contribution in [2.45, 2.75) is 71.6 Å². The lowest BCUT2D eigenvalue weighted by atomic mass is 9.91. The average molecular weight is 328 g/mol. The minimum absolute atomic E-state index is 0.135. The summed E-state index contributed by atoms with van der Waals surface area (Å²) in [4.78, 5) is 48.7. The summed E-state index contributed by atoms with van der Waals surface area (Å²) in [7, 11) is 0. The lowest BCUT2D eigenvalue weighted by molar-refractivity contribution is -0.141. The summed E-state index contributed by atoms with van der Waals surface area (Å²) in [5, 5.41) is 0.690. The number of nitrogens with one attached hydrogen (secondary N) is 1. The van der Waals surface area contributed by atoms with Crippen molar-refractivity contribution in [2.75, 3.05) is 0 Å². The zero-order chi connectivity index (χ0) is 17.8. The van der Waals surface area contributed by atoms with Crippen molar-refractivity contribution in [1.82, 2.24) is 10.4 Å². The summed E-state index contributed by atoms with van der Waals surface area (Å²) in [6.45, 7) is 7.74. The fourth-order valence-corrected chi connectivity index (χ4v) is 2.50. The Hall–Kier alpha value is -2.12. The maximum atomic E-state index is 12.3. The average Bonchev–Trinajstić information content (AvgIpc) is 2.76. The molecular weight excluding hydrogens is 304 g/mol. The minimum Gasteiger partial charge on any atom is -0.446 e. The maximum Gasteiger partial charge on any atom is 0.430 e. The van der Waals surface area contributed by atoms with Crippen LogP contribution in [0, 0.1) is 0 Å². The van der Waals surface area contributed by atoms with E-state index in [4.69, 9.17) is 9.47 Å². The Balaban J connectivity index is 3.16. The summed E-state index contributed by atoms with van der Waals surface area (Å²) >= 11 is 0.